The van der Waals surface area contributed by atoms with E-state index >= 15 is 0 Å². The maximum Gasteiger partial charge on any atom is 1.00 e. The summed E-state index contributed by atoms with van der Waals surface area (Å²) in [6, 6.07) is 0. The van der Waals surface area contributed by atoms with Crippen LogP contribution in [0.3, 0.4) is 0 Å². The van der Waals surface area contributed by atoms with Gasteiger partial charge in [-0.3, -0.25) is 4.79 Å². The Kier molecular flexibility index (Phi) is 9.67. The summed E-state index contributed by atoms with van der Waals surface area (Å²) in [6.45, 7) is 5.31. The standard InChI is InChI=1S/C8H13NO3.Na/c1-3-7(10)9-5-6(2)4-8(11)12;/h3,6H,1,4-5H2,2H3,(H,9,10)(H,11,12);/q;+1/p-1. The fourth-order valence-corrected chi connectivity index (χ4v) is 0.704. The third-order valence-electron chi connectivity index (χ3n) is 1.33. The van der Waals surface area contributed by atoms with Crippen molar-refractivity contribution in [2.75, 3.05) is 6.54 Å². The zero-order valence-electron chi connectivity index (χ0n) is 8.00. The van der Waals surface area contributed by atoms with Crippen LogP contribution in [-0.4, -0.2) is 18.4 Å². The maximum absolute atomic E-state index is 10.6. The van der Waals surface area contributed by atoms with Crippen LogP contribution in [0.5, 0.6) is 0 Å². The Morgan fingerprint density at radius 1 is 1.62 bits per heavy atom. The van der Waals surface area contributed by atoms with Crippen LogP contribution in [0.15, 0.2) is 12.7 Å². The molecule has 0 bridgehead atoms. The van der Waals surface area contributed by atoms with Gasteiger partial charge in [0, 0.05) is 12.5 Å². The monoisotopic (exact) mass is 193 g/mol. The third-order valence-corrected chi connectivity index (χ3v) is 1.33. The Bertz CT molecular complexity index is 194. The van der Waals surface area contributed by atoms with Gasteiger partial charge in [-0.2, -0.15) is 0 Å². The molecule has 1 amide bonds. The number of carbonyl (C=O) groups excluding carboxylic acids is 2. The van der Waals surface area contributed by atoms with Gasteiger partial charge < -0.3 is 15.2 Å². The summed E-state index contributed by atoms with van der Waals surface area (Å²) in [4.78, 5) is 20.7. The summed E-state index contributed by atoms with van der Waals surface area (Å²) >= 11 is 0. The number of carboxylic acids is 1. The summed E-state index contributed by atoms with van der Waals surface area (Å²) in [7, 11) is 0. The molecule has 0 aliphatic rings. The van der Waals surface area contributed by atoms with Crippen molar-refractivity contribution in [2.24, 2.45) is 5.92 Å². The van der Waals surface area contributed by atoms with Gasteiger partial charge >= 0.3 is 29.6 Å². The molecule has 0 fully saturated rings. The van der Waals surface area contributed by atoms with E-state index in [1.807, 2.05) is 0 Å². The van der Waals surface area contributed by atoms with Crippen LogP contribution in [0.25, 0.3) is 0 Å². The van der Waals surface area contributed by atoms with E-state index in [0.29, 0.717) is 6.54 Å². The Hall–Kier alpha value is -0.320. The minimum absolute atomic E-state index is 0. The first kappa shape index (κ1) is 15.2. The van der Waals surface area contributed by atoms with Crippen LogP contribution in [0.1, 0.15) is 13.3 Å². The van der Waals surface area contributed by atoms with Crippen LogP contribution in [0.4, 0.5) is 0 Å². The molecule has 0 aromatic heterocycles. The van der Waals surface area contributed by atoms with Gasteiger partial charge in [0.25, 0.3) is 0 Å². The van der Waals surface area contributed by atoms with Gasteiger partial charge in [0.2, 0.25) is 5.91 Å². The van der Waals surface area contributed by atoms with Crippen molar-refractivity contribution in [3.8, 4) is 0 Å². The molecule has 0 heterocycles. The first-order chi connectivity index (χ1) is 5.56. The molecular formula is C8H12NNaO3. The molecule has 0 saturated carbocycles. The van der Waals surface area contributed by atoms with Gasteiger partial charge in [-0.1, -0.05) is 13.5 Å². The second kappa shape index (κ2) is 8.29. The molecule has 1 atom stereocenters. The molecule has 0 spiro atoms. The fraction of sp³-hybridized carbons (Fsp3) is 0.500. The number of nitrogens with one attached hydrogen (secondary N) is 1. The maximum atomic E-state index is 10.6. The number of carbonyl (C=O) groups is 2. The second-order valence-corrected chi connectivity index (χ2v) is 2.63. The molecule has 0 saturated heterocycles. The van der Waals surface area contributed by atoms with E-state index in [-0.39, 0.29) is 47.8 Å². The van der Waals surface area contributed by atoms with Gasteiger partial charge in [-0.15, -0.1) is 0 Å². The van der Waals surface area contributed by atoms with Crippen LogP contribution in [-0.2, 0) is 9.59 Å². The number of amides is 1. The van der Waals surface area contributed by atoms with Crippen molar-refractivity contribution < 1.29 is 44.3 Å². The number of hydrogen-bond acceptors (Lipinski definition) is 3. The van der Waals surface area contributed by atoms with Crippen molar-refractivity contribution >= 4 is 11.9 Å². The molecule has 0 radical (unpaired) electrons. The normalized spacial score (nSPS) is 10.8. The number of aliphatic carboxylic acids is 1. The summed E-state index contributed by atoms with van der Waals surface area (Å²) in [5.74, 6) is -1.51. The van der Waals surface area contributed by atoms with E-state index in [4.69, 9.17) is 0 Å². The summed E-state index contributed by atoms with van der Waals surface area (Å²) < 4.78 is 0. The average molecular weight is 193 g/mol. The molecule has 4 nitrogen and oxygen atoms in total. The predicted molar refractivity (Wildman–Crippen MR) is 42.0 cm³/mol. The molecular weight excluding hydrogens is 181 g/mol. The van der Waals surface area contributed by atoms with Crippen LogP contribution < -0.4 is 40.0 Å². The quantitative estimate of drug-likeness (QED) is 0.358. The van der Waals surface area contributed by atoms with Crippen molar-refractivity contribution in [1.82, 2.24) is 5.32 Å². The molecule has 0 aliphatic carbocycles. The number of rotatable bonds is 5. The van der Waals surface area contributed by atoms with Crippen LogP contribution in [0.2, 0.25) is 0 Å². The van der Waals surface area contributed by atoms with E-state index in [9.17, 15) is 14.7 Å². The smallest absolute Gasteiger partial charge is 0.550 e. The number of hydrogen-bond donors (Lipinski definition) is 1. The Morgan fingerprint density at radius 3 is 2.54 bits per heavy atom. The van der Waals surface area contributed by atoms with E-state index in [2.05, 4.69) is 11.9 Å². The van der Waals surface area contributed by atoms with E-state index in [1.54, 1.807) is 6.92 Å². The average Bonchev–Trinajstić information content (AvgIpc) is 1.99. The van der Waals surface area contributed by atoms with Crippen LogP contribution >= 0.6 is 0 Å². The predicted octanol–water partition coefficient (Wildman–Crippen LogP) is -3.93. The van der Waals surface area contributed by atoms with Gasteiger partial charge in [-0.05, 0) is 18.4 Å². The third kappa shape index (κ3) is 9.60. The van der Waals surface area contributed by atoms with Crippen molar-refractivity contribution in [3.63, 3.8) is 0 Å². The summed E-state index contributed by atoms with van der Waals surface area (Å²) in [5.41, 5.74) is 0. The molecule has 68 valence electrons. The molecule has 5 heteroatoms. The molecule has 0 rings (SSSR count). The molecule has 0 aromatic carbocycles. The minimum Gasteiger partial charge on any atom is -0.550 e. The Morgan fingerprint density at radius 2 is 2.15 bits per heavy atom. The fourth-order valence-electron chi connectivity index (χ4n) is 0.704. The van der Waals surface area contributed by atoms with Gasteiger partial charge in [-0.25, -0.2) is 0 Å². The van der Waals surface area contributed by atoms with Gasteiger partial charge in [0.15, 0.2) is 0 Å². The topological polar surface area (TPSA) is 69.2 Å². The van der Waals surface area contributed by atoms with E-state index < -0.39 is 5.97 Å². The molecule has 0 aliphatic heterocycles. The number of carboxylic acid groups (broad SMARTS) is 1. The van der Waals surface area contributed by atoms with Crippen LogP contribution in [0, 0.1) is 5.92 Å². The zero-order chi connectivity index (χ0) is 9.56. The van der Waals surface area contributed by atoms with Crippen molar-refractivity contribution in [1.29, 1.82) is 0 Å². The molecule has 13 heavy (non-hydrogen) atoms. The van der Waals surface area contributed by atoms with Crippen molar-refractivity contribution in [3.05, 3.63) is 12.7 Å². The zero-order valence-corrected chi connectivity index (χ0v) is 10.0. The molecule has 0 aromatic rings. The second-order valence-electron chi connectivity index (χ2n) is 2.63. The molecule has 1 N–H and O–H groups in total. The minimum atomic E-state index is -1.10. The largest absolute Gasteiger partial charge is 1.00 e. The van der Waals surface area contributed by atoms with Gasteiger partial charge in [0.05, 0.1) is 0 Å². The Balaban J connectivity index is 0. The van der Waals surface area contributed by atoms with Gasteiger partial charge in [0.1, 0.15) is 0 Å². The van der Waals surface area contributed by atoms with E-state index in [1.165, 1.54) is 0 Å². The first-order valence-electron chi connectivity index (χ1n) is 3.66. The van der Waals surface area contributed by atoms with Crippen molar-refractivity contribution in [2.45, 2.75) is 13.3 Å². The Labute approximate surface area is 99.7 Å². The summed E-state index contributed by atoms with van der Waals surface area (Å²) in [6.07, 6.45) is 1.10. The first-order valence-corrected chi connectivity index (χ1v) is 3.66. The SMILES string of the molecule is C=CC(=O)NCC(C)CC(=O)[O-].[Na+]. The van der Waals surface area contributed by atoms with E-state index in [0.717, 1.165) is 6.08 Å². The molecule has 1 unspecified atom stereocenters. The summed E-state index contributed by atoms with van der Waals surface area (Å²) in [5, 5.41) is 12.6.